The Balaban J connectivity index is 2.16. The number of pyridine rings is 1. The van der Waals surface area contributed by atoms with E-state index in [0.29, 0.717) is 11.6 Å². The van der Waals surface area contributed by atoms with Crippen molar-refractivity contribution < 1.29 is 9.47 Å². The highest BCUT2D eigenvalue weighted by molar-refractivity contribution is 14.1. The fraction of sp³-hybridized carbons (Fsp3) is 0.0833. The molecule has 0 spiro atoms. The van der Waals surface area contributed by atoms with Gasteiger partial charge < -0.3 is 9.47 Å². The fourth-order valence-corrected chi connectivity index (χ4v) is 1.56. The molecule has 0 bridgehead atoms. The minimum absolute atomic E-state index is 0.544. The van der Waals surface area contributed by atoms with Crippen molar-refractivity contribution in [3.8, 4) is 17.4 Å². The predicted molar refractivity (Wildman–Crippen MR) is 70.0 cm³/mol. The van der Waals surface area contributed by atoms with Gasteiger partial charge in [0.15, 0.2) is 0 Å². The number of methoxy groups -OCH3 is 1. The molecule has 16 heavy (non-hydrogen) atoms. The average molecular weight is 327 g/mol. The summed E-state index contributed by atoms with van der Waals surface area (Å²) in [5, 5.41) is 0. The van der Waals surface area contributed by atoms with Crippen LogP contribution in [0.5, 0.6) is 17.4 Å². The van der Waals surface area contributed by atoms with Gasteiger partial charge in [-0.05, 0) is 52.9 Å². The molecular formula is C12H10INO2. The number of benzene rings is 1. The van der Waals surface area contributed by atoms with Crippen molar-refractivity contribution in [2.45, 2.75) is 0 Å². The van der Waals surface area contributed by atoms with Crippen molar-refractivity contribution in [3.05, 3.63) is 46.2 Å². The number of nitrogens with zero attached hydrogens (tertiary/aromatic N) is 1. The molecule has 0 fully saturated rings. The molecule has 1 heterocycles. The van der Waals surface area contributed by atoms with Crippen LogP contribution in [0.3, 0.4) is 0 Å². The minimum atomic E-state index is 0.544. The van der Waals surface area contributed by atoms with Crippen LogP contribution in [0.15, 0.2) is 42.6 Å². The second kappa shape index (κ2) is 5.16. The van der Waals surface area contributed by atoms with E-state index in [0.717, 1.165) is 5.75 Å². The molecule has 0 unspecified atom stereocenters. The molecule has 2 rings (SSSR count). The van der Waals surface area contributed by atoms with Crippen molar-refractivity contribution in [1.29, 1.82) is 0 Å². The number of hydrogen-bond acceptors (Lipinski definition) is 3. The highest BCUT2D eigenvalue weighted by Gasteiger charge is 1.99. The monoisotopic (exact) mass is 327 g/mol. The summed E-state index contributed by atoms with van der Waals surface area (Å²) in [7, 11) is 1.58. The molecule has 0 saturated carbocycles. The van der Waals surface area contributed by atoms with Gasteiger partial charge >= 0.3 is 0 Å². The lowest BCUT2D eigenvalue weighted by Gasteiger charge is -2.06. The van der Waals surface area contributed by atoms with E-state index < -0.39 is 0 Å². The van der Waals surface area contributed by atoms with E-state index >= 15 is 0 Å². The van der Waals surface area contributed by atoms with E-state index in [2.05, 4.69) is 27.6 Å². The van der Waals surface area contributed by atoms with Gasteiger partial charge in [-0.1, -0.05) is 0 Å². The van der Waals surface area contributed by atoms with Crippen LogP contribution < -0.4 is 9.47 Å². The predicted octanol–water partition coefficient (Wildman–Crippen LogP) is 3.49. The summed E-state index contributed by atoms with van der Waals surface area (Å²) >= 11 is 2.25. The molecule has 0 aliphatic carbocycles. The highest BCUT2D eigenvalue weighted by Crippen LogP contribution is 2.23. The Morgan fingerprint density at radius 2 is 1.81 bits per heavy atom. The molecule has 0 aliphatic rings. The van der Waals surface area contributed by atoms with Crippen LogP contribution in [0.4, 0.5) is 0 Å². The summed E-state index contributed by atoms with van der Waals surface area (Å²) in [6.45, 7) is 0. The molecule has 82 valence electrons. The van der Waals surface area contributed by atoms with Gasteiger partial charge in [-0.3, -0.25) is 0 Å². The van der Waals surface area contributed by atoms with Crippen molar-refractivity contribution in [2.24, 2.45) is 0 Å². The number of rotatable bonds is 3. The number of ether oxygens (including phenoxy) is 2. The maximum absolute atomic E-state index is 5.65. The van der Waals surface area contributed by atoms with E-state index in [1.165, 1.54) is 3.57 Å². The SMILES string of the molecule is COc1cc(Oc2ccc(I)cc2)ccn1. The van der Waals surface area contributed by atoms with Crippen LogP contribution in [0.1, 0.15) is 0 Å². The van der Waals surface area contributed by atoms with E-state index in [1.807, 2.05) is 24.3 Å². The third-order valence-electron chi connectivity index (χ3n) is 1.96. The minimum Gasteiger partial charge on any atom is -0.481 e. The van der Waals surface area contributed by atoms with Crippen LogP contribution in [0.2, 0.25) is 0 Å². The molecule has 0 saturated heterocycles. The molecule has 1 aromatic carbocycles. The first-order valence-corrected chi connectivity index (χ1v) is 5.79. The first-order valence-electron chi connectivity index (χ1n) is 4.71. The van der Waals surface area contributed by atoms with Crippen molar-refractivity contribution in [3.63, 3.8) is 0 Å². The normalized spacial score (nSPS) is 9.88. The first-order chi connectivity index (χ1) is 7.78. The molecule has 2 aromatic rings. The van der Waals surface area contributed by atoms with Gasteiger partial charge in [0, 0.05) is 15.8 Å². The Bertz CT molecular complexity index is 471. The van der Waals surface area contributed by atoms with Crippen LogP contribution in [0, 0.1) is 3.57 Å². The number of halogens is 1. The molecule has 3 nitrogen and oxygen atoms in total. The van der Waals surface area contributed by atoms with Gasteiger partial charge in [0.1, 0.15) is 11.5 Å². The molecule has 1 aromatic heterocycles. The first kappa shape index (κ1) is 11.2. The Morgan fingerprint density at radius 1 is 1.06 bits per heavy atom. The molecular weight excluding hydrogens is 317 g/mol. The average Bonchev–Trinajstić information content (AvgIpc) is 2.32. The summed E-state index contributed by atoms with van der Waals surface area (Å²) in [6, 6.07) is 11.4. The second-order valence-corrected chi connectivity index (χ2v) is 4.34. The lowest BCUT2D eigenvalue weighted by Crippen LogP contribution is -1.89. The van der Waals surface area contributed by atoms with Gasteiger partial charge in [0.2, 0.25) is 5.88 Å². The van der Waals surface area contributed by atoms with Crippen molar-refractivity contribution in [1.82, 2.24) is 4.98 Å². The summed E-state index contributed by atoms with van der Waals surface area (Å²) in [5.74, 6) is 2.06. The molecule has 0 atom stereocenters. The summed E-state index contributed by atoms with van der Waals surface area (Å²) in [5.41, 5.74) is 0. The lowest BCUT2D eigenvalue weighted by atomic mass is 10.3. The van der Waals surface area contributed by atoms with E-state index in [-0.39, 0.29) is 0 Å². The molecule has 0 N–H and O–H groups in total. The zero-order valence-corrected chi connectivity index (χ0v) is 10.8. The summed E-state index contributed by atoms with van der Waals surface area (Å²) in [4.78, 5) is 4.01. The Hall–Kier alpha value is -1.30. The molecule has 0 amide bonds. The van der Waals surface area contributed by atoms with Gasteiger partial charge in [0.05, 0.1) is 7.11 Å². The number of hydrogen-bond donors (Lipinski definition) is 0. The van der Waals surface area contributed by atoms with Gasteiger partial charge in [-0.15, -0.1) is 0 Å². The Kier molecular flexibility index (Phi) is 3.61. The van der Waals surface area contributed by atoms with E-state index in [1.54, 1.807) is 25.4 Å². The van der Waals surface area contributed by atoms with Crippen molar-refractivity contribution in [2.75, 3.05) is 7.11 Å². The van der Waals surface area contributed by atoms with Gasteiger partial charge in [-0.2, -0.15) is 0 Å². The summed E-state index contributed by atoms with van der Waals surface area (Å²) in [6.07, 6.45) is 1.65. The third kappa shape index (κ3) is 2.85. The van der Waals surface area contributed by atoms with E-state index in [9.17, 15) is 0 Å². The lowest BCUT2D eigenvalue weighted by molar-refractivity contribution is 0.392. The highest BCUT2D eigenvalue weighted by atomic mass is 127. The maximum Gasteiger partial charge on any atom is 0.216 e. The molecule has 0 radical (unpaired) electrons. The van der Waals surface area contributed by atoms with Crippen LogP contribution in [-0.4, -0.2) is 12.1 Å². The molecule has 4 heteroatoms. The zero-order chi connectivity index (χ0) is 11.4. The second-order valence-electron chi connectivity index (χ2n) is 3.09. The number of aromatic nitrogens is 1. The zero-order valence-electron chi connectivity index (χ0n) is 8.68. The van der Waals surface area contributed by atoms with Crippen molar-refractivity contribution >= 4 is 22.6 Å². The molecule has 0 aliphatic heterocycles. The maximum atomic E-state index is 5.65. The smallest absolute Gasteiger partial charge is 0.216 e. The van der Waals surface area contributed by atoms with Crippen LogP contribution in [0.25, 0.3) is 0 Å². The fourth-order valence-electron chi connectivity index (χ4n) is 1.21. The third-order valence-corrected chi connectivity index (χ3v) is 2.68. The van der Waals surface area contributed by atoms with Gasteiger partial charge in [0.25, 0.3) is 0 Å². The summed E-state index contributed by atoms with van der Waals surface area (Å²) < 4.78 is 11.8. The van der Waals surface area contributed by atoms with Crippen LogP contribution >= 0.6 is 22.6 Å². The Labute approximate surface area is 108 Å². The Morgan fingerprint density at radius 3 is 2.50 bits per heavy atom. The van der Waals surface area contributed by atoms with Crippen LogP contribution in [-0.2, 0) is 0 Å². The standard InChI is InChI=1S/C12H10INO2/c1-15-12-8-11(6-7-14-12)16-10-4-2-9(13)3-5-10/h2-8H,1H3. The van der Waals surface area contributed by atoms with Gasteiger partial charge in [-0.25, -0.2) is 4.98 Å². The van der Waals surface area contributed by atoms with E-state index in [4.69, 9.17) is 9.47 Å². The topological polar surface area (TPSA) is 31.4 Å². The quantitative estimate of drug-likeness (QED) is 0.809. The largest absolute Gasteiger partial charge is 0.481 e.